The first-order valence-corrected chi connectivity index (χ1v) is 9.96. The Hall–Kier alpha value is -3.19. The van der Waals surface area contributed by atoms with E-state index in [9.17, 15) is 9.59 Å². The van der Waals surface area contributed by atoms with Gasteiger partial charge in [0.1, 0.15) is 10.8 Å². The number of nitrogens with zero attached hydrogens (tertiary/aromatic N) is 3. The first-order chi connectivity index (χ1) is 14.4. The van der Waals surface area contributed by atoms with Gasteiger partial charge in [0.2, 0.25) is 0 Å². The Bertz CT molecular complexity index is 1050. The van der Waals surface area contributed by atoms with Gasteiger partial charge in [-0.15, -0.1) is 0 Å². The van der Waals surface area contributed by atoms with E-state index in [1.807, 2.05) is 41.9 Å². The fraction of sp³-hybridized carbons (Fsp3) is 0.273. The number of amides is 1. The van der Waals surface area contributed by atoms with Gasteiger partial charge in [-0.1, -0.05) is 48.0 Å². The monoisotopic (exact) mass is 426 g/mol. The Morgan fingerprint density at radius 3 is 2.53 bits per heavy atom. The predicted molar refractivity (Wildman–Crippen MR) is 113 cm³/mol. The fourth-order valence-electron chi connectivity index (χ4n) is 3.25. The van der Waals surface area contributed by atoms with Gasteiger partial charge in [0.05, 0.1) is 18.8 Å². The minimum atomic E-state index is -1.01. The van der Waals surface area contributed by atoms with Crippen LogP contribution in [0.15, 0.2) is 48.5 Å². The quantitative estimate of drug-likeness (QED) is 0.460. The van der Waals surface area contributed by atoms with Crippen LogP contribution in [0.3, 0.4) is 0 Å². The zero-order valence-corrected chi connectivity index (χ0v) is 17.8. The van der Waals surface area contributed by atoms with Crippen molar-refractivity contribution in [2.45, 2.75) is 33.4 Å². The van der Waals surface area contributed by atoms with Crippen molar-refractivity contribution in [2.24, 2.45) is 0 Å². The number of aromatic nitrogens is 3. The molecule has 0 saturated carbocycles. The lowest BCUT2D eigenvalue weighted by molar-refractivity contribution is -0.145. The van der Waals surface area contributed by atoms with E-state index in [2.05, 4.69) is 15.4 Å². The van der Waals surface area contributed by atoms with Crippen molar-refractivity contribution in [2.75, 3.05) is 6.61 Å². The molecule has 3 aromatic rings. The summed E-state index contributed by atoms with van der Waals surface area (Å²) in [7, 11) is 0. The van der Waals surface area contributed by atoms with Gasteiger partial charge in [0.15, 0.2) is 6.04 Å². The van der Waals surface area contributed by atoms with Crippen molar-refractivity contribution in [3.05, 3.63) is 81.9 Å². The Balaban J connectivity index is 1.94. The van der Waals surface area contributed by atoms with E-state index in [0.29, 0.717) is 17.8 Å². The third-order valence-corrected chi connectivity index (χ3v) is 4.86. The Labute approximate surface area is 180 Å². The molecular formula is C22H23ClN4O3. The summed E-state index contributed by atoms with van der Waals surface area (Å²) in [6.45, 7) is 6.13. The maximum atomic E-state index is 12.7. The maximum absolute atomic E-state index is 12.7. The lowest BCUT2D eigenvalue weighted by atomic mass is 10.0. The van der Waals surface area contributed by atoms with E-state index in [-0.39, 0.29) is 17.5 Å². The molecule has 2 aromatic heterocycles. The van der Waals surface area contributed by atoms with Crippen LogP contribution in [0.1, 0.15) is 46.0 Å². The molecule has 0 aliphatic heterocycles. The highest BCUT2D eigenvalue weighted by atomic mass is 35.5. The van der Waals surface area contributed by atoms with Gasteiger partial charge in [0, 0.05) is 11.3 Å². The summed E-state index contributed by atoms with van der Waals surface area (Å²) < 4.78 is 7.03. The fourth-order valence-corrected chi connectivity index (χ4v) is 3.42. The molecule has 7 nitrogen and oxygen atoms in total. The number of esters is 1. The molecule has 1 aromatic carbocycles. The maximum Gasteiger partial charge on any atom is 0.333 e. The number of benzene rings is 1. The van der Waals surface area contributed by atoms with Gasteiger partial charge in [-0.25, -0.2) is 9.78 Å². The lowest BCUT2D eigenvalue weighted by Gasteiger charge is -2.18. The van der Waals surface area contributed by atoms with Crippen LogP contribution in [0.2, 0.25) is 5.15 Å². The van der Waals surface area contributed by atoms with E-state index < -0.39 is 17.9 Å². The van der Waals surface area contributed by atoms with E-state index in [0.717, 1.165) is 11.3 Å². The lowest BCUT2D eigenvalue weighted by Crippen LogP contribution is -2.36. The van der Waals surface area contributed by atoms with Gasteiger partial charge < -0.3 is 10.1 Å². The first-order valence-electron chi connectivity index (χ1n) is 9.58. The minimum absolute atomic E-state index is 0.115. The average Bonchev–Trinajstić information content (AvgIpc) is 3.00. The molecule has 3 rings (SSSR count). The van der Waals surface area contributed by atoms with Gasteiger partial charge in [0.25, 0.3) is 5.91 Å². The second-order valence-corrected chi connectivity index (χ2v) is 7.12. The molecule has 0 radical (unpaired) electrons. The van der Waals surface area contributed by atoms with Crippen molar-refractivity contribution >= 4 is 23.5 Å². The molecule has 0 aliphatic carbocycles. The van der Waals surface area contributed by atoms with Crippen LogP contribution in [-0.2, 0) is 16.1 Å². The summed E-state index contributed by atoms with van der Waals surface area (Å²) in [5.74, 6) is -1.08. The number of pyridine rings is 1. The molecule has 1 amide bonds. The SMILES string of the molecule is CCOC(=O)[C@@H](NC(=O)c1cccc(Cl)n1)c1c(C)nn(Cc2ccccc2)c1C. The Kier molecular flexibility index (Phi) is 6.84. The standard InChI is InChI=1S/C22H23ClN4O3/c1-4-30-22(29)20(25-21(28)17-11-8-12-18(23)24-17)19-14(2)26-27(15(19)3)13-16-9-6-5-7-10-16/h5-12,20H,4,13H2,1-3H3,(H,25,28)/t20-/m0/s1. The number of hydrogen-bond acceptors (Lipinski definition) is 5. The normalized spacial score (nSPS) is 11.7. The average molecular weight is 427 g/mol. The van der Waals surface area contributed by atoms with E-state index in [1.165, 1.54) is 6.07 Å². The molecule has 8 heteroatoms. The third-order valence-electron chi connectivity index (χ3n) is 4.65. The van der Waals surface area contributed by atoms with Gasteiger partial charge in [-0.05, 0) is 38.5 Å². The molecule has 1 atom stereocenters. The molecule has 0 unspecified atom stereocenters. The highest BCUT2D eigenvalue weighted by Crippen LogP contribution is 2.24. The van der Waals surface area contributed by atoms with Gasteiger partial charge in [-0.2, -0.15) is 5.10 Å². The van der Waals surface area contributed by atoms with Crippen LogP contribution < -0.4 is 5.32 Å². The number of hydrogen-bond donors (Lipinski definition) is 1. The molecule has 30 heavy (non-hydrogen) atoms. The summed E-state index contributed by atoms with van der Waals surface area (Å²) in [5.41, 5.74) is 3.22. The minimum Gasteiger partial charge on any atom is -0.464 e. The smallest absolute Gasteiger partial charge is 0.333 e. The number of aryl methyl sites for hydroxylation is 1. The highest BCUT2D eigenvalue weighted by Gasteiger charge is 2.30. The molecule has 0 bridgehead atoms. The molecule has 0 spiro atoms. The van der Waals surface area contributed by atoms with E-state index >= 15 is 0 Å². The van der Waals surface area contributed by atoms with Crippen molar-refractivity contribution in [1.82, 2.24) is 20.1 Å². The summed E-state index contributed by atoms with van der Waals surface area (Å²) in [5, 5.41) is 7.51. The summed E-state index contributed by atoms with van der Waals surface area (Å²) in [4.78, 5) is 29.5. The van der Waals surface area contributed by atoms with Gasteiger partial charge >= 0.3 is 5.97 Å². The number of carbonyl (C=O) groups excluding carboxylic acids is 2. The van der Waals surface area contributed by atoms with Crippen molar-refractivity contribution in [1.29, 1.82) is 0 Å². The summed E-state index contributed by atoms with van der Waals surface area (Å²) in [6.07, 6.45) is 0. The molecule has 0 fully saturated rings. The number of carbonyl (C=O) groups is 2. The van der Waals surface area contributed by atoms with Crippen LogP contribution in [0.4, 0.5) is 0 Å². The third kappa shape index (κ3) is 4.86. The second-order valence-electron chi connectivity index (χ2n) is 6.73. The van der Waals surface area contributed by atoms with Crippen LogP contribution >= 0.6 is 11.6 Å². The molecular weight excluding hydrogens is 404 g/mol. The number of nitrogens with one attached hydrogen (secondary N) is 1. The zero-order chi connectivity index (χ0) is 21.7. The predicted octanol–water partition coefficient (Wildman–Crippen LogP) is 3.63. The molecule has 0 saturated heterocycles. The van der Waals surface area contributed by atoms with Crippen molar-refractivity contribution in [3.63, 3.8) is 0 Å². The van der Waals surface area contributed by atoms with Crippen LogP contribution in [0.5, 0.6) is 0 Å². The second kappa shape index (κ2) is 9.54. The Morgan fingerprint density at radius 2 is 1.87 bits per heavy atom. The zero-order valence-electron chi connectivity index (χ0n) is 17.1. The largest absolute Gasteiger partial charge is 0.464 e. The van der Waals surface area contributed by atoms with Crippen LogP contribution in [-0.4, -0.2) is 33.2 Å². The summed E-state index contributed by atoms with van der Waals surface area (Å²) >= 11 is 5.89. The topological polar surface area (TPSA) is 86.1 Å². The molecule has 0 aliphatic rings. The number of ether oxygens (including phenoxy) is 1. The van der Waals surface area contributed by atoms with Crippen LogP contribution in [0, 0.1) is 13.8 Å². The first kappa shape index (κ1) is 21.5. The highest BCUT2D eigenvalue weighted by molar-refractivity contribution is 6.29. The number of rotatable bonds is 7. The summed E-state index contributed by atoms with van der Waals surface area (Å²) in [6, 6.07) is 13.6. The van der Waals surface area contributed by atoms with Crippen molar-refractivity contribution < 1.29 is 14.3 Å². The van der Waals surface area contributed by atoms with Crippen molar-refractivity contribution in [3.8, 4) is 0 Å². The van der Waals surface area contributed by atoms with Crippen LogP contribution in [0.25, 0.3) is 0 Å². The van der Waals surface area contributed by atoms with Gasteiger partial charge in [-0.3, -0.25) is 9.48 Å². The molecule has 1 N–H and O–H groups in total. The Morgan fingerprint density at radius 1 is 1.13 bits per heavy atom. The van der Waals surface area contributed by atoms with E-state index in [1.54, 1.807) is 26.0 Å². The number of halogens is 1. The molecule has 156 valence electrons. The molecule has 2 heterocycles. The van der Waals surface area contributed by atoms with E-state index in [4.69, 9.17) is 16.3 Å².